The van der Waals surface area contributed by atoms with E-state index in [1.807, 2.05) is 42.5 Å². The van der Waals surface area contributed by atoms with Gasteiger partial charge in [0, 0.05) is 33.2 Å². The minimum absolute atomic E-state index is 0.691. The number of hydrogen-bond acceptors (Lipinski definition) is 3. The number of benzene rings is 7. The fourth-order valence-electron chi connectivity index (χ4n) is 6.68. The molecule has 8 aromatic rings. The van der Waals surface area contributed by atoms with Gasteiger partial charge in [0.1, 0.15) is 11.5 Å². The summed E-state index contributed by atoms with van der Waals surface area (Å²) in [6.07, 6.45) is 4.43. The molecule has 0 unspecified atom stereocenters. The first-order valence-corrected chi connectivity index (χ1v) is 16.5. The quantitative estimate of drug-likeness (QED) is 0.196. The van der Waals surface area contributed by atoms with E-state index < -0.39 is 0 Å². The maximum atomic E-state index is 7.05. The van der Waals surface area contributed by atoms with E-state index in [-0.39, 0.29) is 0 Å². The molecular weight excluding hydrogens is 597 g/mol. The maximum absolute atomic E-state index is 7.05. The molecule has 0 radical (unpaired) electrons. The lowest BCUT2D eigenvalue weighted by Gasteiger charge is -2.18. The molecule has 0 aliphatic carbocycles. The number of aromatic nitrogens is 2. The Bertz CT molecular complexity index is 2460. The van der Waals surface area contributed by atoms with Gasteiger partial charge in [-0.3, -0.25) is 0 Å². The van der Waals surface area contributed by atoms with Gasteiger partial charge in [-0.15, -0.1) is 0 Å². The van der Waals surface area contributed by atoms with Crippen LogP contribution in [0.3, 0.4) is 0 Å². The topological polar surface area (TPSA) is 35.0 Å². The van der Waals surface area contributed by atoms with Gasteiger partial charge in [-0.2, -0.15) is 0 Å². The van der Waals surface area contributed by atoms with Crippen LogP contribution in [0.4, 0.5) is 0 Å². The van der Waals surface area contributed by atoms with Crippen LogP contribution in [-0.2, 0) is 0 Å². The Hall–Kier alpha value is -6.58. The lowest BCUT2D eigenvalue weighted by atomic mass is 9.92. The van der Waals surface area contributed by atoms with Gasteiger partial charge >= 0.3 is 0 Å². The van der Waals surface area contributed by atoms with Crippen LogP contribution >= 0.6 is 0 Å². The van der Waals surface area contributed by atoms with E-state index in [2.05, 4.69) is 140 Å². The second-order valence-corrected chi connectivity index (χ2v) is 12.2. The van der Waals surface area contributed by atoms with Crippen LogP contribution in [0.2, 0.25) is 0 Å². The maximum Gasteiger partial charge on any atom is 0.160 e. The molecule has 9 rings (SSSR count). The molecular formula is C46H30N2O. The summed E-state index contributed by atoms with van der Waals surface area (Å²) < 4.78 is 7.05. The molecule has 49 heavy (non-hydrogen) atoms. The number of para-hydroxylation sites is 1. The summed E-state index contributed by atoms with van der Waals surface area (Å²) in [6.45, 7) is 0. The second kappa shape index (κ2) is 12.2. The molecule has 3 nitrogen and oxygen atoms in total. The number of fused-ring (bicyclic) bond motifs is 8. The van der Waals surface area contributed by atoms with Gasteiger partial charge < -0.3 is 4.74 Å². The standard InChI is InChI=1S/C46H30N2O/c1-3-15-34(16-4-1)42-30-43(48-46(47-42)35-17-5-2-6-18-35)36-26-25-33-24-23-31-13-7-9-19-37(31)39-21-11-12-22-44(39)49-45-38-20-10-8-14-32(38)27-28-40(45)41(33)29-36/h1-30H/b24-23-. The van der Waals surface area contributed by atoms with Crippen molar-refractivity contribution in [2.45, 2.75) is 0 Å². The summed E-state index contributed by atoms with van der Waals surface area (Å²) in [6, 6.07) is 58.8. The van der Waals surface area contributed by atoms with Crippen molar-refractivity contribution in [3.63, 3.8) is 0 Å². The first-order chi connectivity index (χ1) is 24.3. The number of ether oxygens (including phenoxy) is 1. The Labute approximate surface area is 285 Å². The summed E-state index contributed by atoms with van der Waals surface area (Å²) in [5, 5.41) is 2.18. The van der Waals surface area contributed by atoms with Crippen molar-refractivity contribution in [1.82, 2.24) is 9.97 Å². The zero-order chi connectivity index (χ0) is 32.6. The fourth-order valence-corrected chi connectivity index (χ4v) is 6.68. The lowest BCUT2D eigenvalue weighted by molar-refractivity contribution is 0.492. The molecule has 1 aliphatic heterocycles. The summed E-state index contributed by atoms with van der Waals surface area (Å²) in [5.74, 6) is 2.34. The zero-order valence-electron chi connectivity index (χ0n) is 26.6. The monoisotopic (exact) mass is 626 g/mol. The average Bonchev–Trinajstić information content (AvgIpc) is 3.20. The van der Waals surface area contributed by atoms with Gasteiger partial charge in [-0.05, 0) is 51.9 Å². The molecule has 0 spiro atoms. The van der Waals surface area contributed by atoms with Crippen LogP contribution in [0.25, 0.3) is 79.1 Å². The van der Waals surface area contributed by atoms with Crippen LogP contribution in [0.5, 0.6) is 11.5 Å². The molecule has 0 atom stereocenters. The lowest BCUT2D eigenvalue weighted by Crippen LogP contribution is -1.97. The van der Waals surface area contributed by atoms with E-state index in [1.54, 1.807) is 0 Å². The van der Waals surface area contributed by atoms with Crippen molar-refractivity contribution in [1.29, 1.82) is 0 Å². The van der Waals surface area contributed by atoms with Gasteiger partial charge in [-0.25, -0.2) is 9.97 Å². The summed E-state index contributed by atoms with van der Waals surface area (Å²) in [4.78, 5) is 10.2. The third-order valence-electron chi connectivity index (χ3n) is 9.14. The highest BCUT2D eigenvalue weighted by molar-refractivity contribution is 5.99. The van der Waals surface area contributed by atoms with Gasteiger partial charge in [0.05, 0.1) is 11.4 Å². The number of rotatable bonds is 3. The molecule has 0 saturated carbocycles. The highest BCUT2D eigenvalue weighted by atomic mass is 16.5. The normalized spacial score (nSPS) is 12.4. The van der Waals surface area contributed by atoms with Crippen LogP contribution < -0.4 is 4.74 Å². The van der Waals surface area contributed by atoms with Gasteiger partial charge in [0.25, 0.3) is 0 Å². The van der Waals surface area contributed by atoms with Crippen molar-refractivity contribution in [3.05, 3.63) is 181 Å². The smallest absolute Gasteiger partial charge is 0.160 e. The first kappa shape index (κ1) is 28.6. The predicted octanol–water partition coefficient (Wildman–Crippen LogP) is 12.2. The summed E-state index contributed by atoms with van der Waals surface area (Å²) in [5.41, 5.74) is 11.2. The van der Waals surface area contributed by atoms with Gasteiger partial charge in [-0.1, -0.05) is 158 Å². The Kier molecular flexibility index (Phi) is 7.14. The molecule has 2 heterocycles. The van der Waals surface area contributed by atoms with Crippen molar-refractivity contribution in [2.24, 2.45) is 0 Å². The molecule has 0 fully saturated rings. The Morgan fingerprint density at radius 1 is 0.388 bits per heavy atom. The second-order valence-electron chi connectivity index (χ2n) is 12.2. The van der Waals surface area contributed by atoms with E-state index >= 15 is 0 Å². The van der Waals surface area contributed by atoms with Crippen LogP contribution in [-0.4, -0.2) is 9.97 Å². The van der Waals surface area contributed by atoms with E-state index in [1.165, 1.54) is 0 Å². The zero-order valence-corrected chi connectivity index (χ0v) is 26.6. The molecule has 1 aliphatic rings. The van der Waals surface area contributed by atoms with E-state index in [0.717, 1.165) is 83.7 Å². The van der Waals surface area contributed by atoms with Crippen molar-refractivity contribution in [3.8, 4) is 67.7 Å². The minimum atomic E-state index is 0.691. The molecule has 0 amide bonds. The summed E-state index contributed by atoms with van der Waals surface area (Å²) >= 11 is 0. The van der Waals surface area contributed by atoms with Crippen LogP contribution in [0.1, 0.15) is 11.1 Å². The number of hydrogen-bond donors (Lipinski definition) is 0. The molecule has 0 N–H and O–H groups in total. The summed E-state index contributed by atoms with van der Waals surface area (Å²) in [7, 11) is 0. The van der Waals surface area contributed by atoms with Crippen LogP contribution in [0, 0.1) is 0 Å². The van der Waals surface area contributed by atoms with Crippen molar-refractivity contribution >= 4 is 22.9 Å². The predicted molar refractivity (Wildman–Crippen MR) is 202 cm³/mol. The highest BCUT2D eigenvalue weighted by Crippen LogP contribution is 2.45. The third kappa shape index (κ3) is 5.38. The van der Waals surface area contributed by atoms with E-state index in [9.17, 15) is 0 Å². The molecule has 3 heteroatoms. The molecule has 1 aromatic heterocycles. The van der Waals surface area contributed by atoms with Crippen molar-refractivity contribution in [2.75, 3.05) is 0 Å². The van der Waals surface area contributed by atoms with Crippen molar-refractivity contribution < 1.29 is 4.74 Å². The van der Waals surface area contributed by atoms with Crippen LogP contribution in [0.15, 0.2) is 170 Å². The Balaban J connectivity index is 1.30. The van der Waals surface area contributed by atoms with Gasteiger partial charge in [0.15, 0.2) is 5.82 Å². The third-order valence-corrected chi connectivity index (χ3v) is 9.14. The minimum Gasteiger partial charge on any atom is -0.455 e. The Morgan fingerprint density at radius 2 is 1.02 bits per heavy atom. The fraction of sp³-hybridized carbons (Fsp3) is 0. The SMILES string of the molecule is C1=C\c2ccc(-c3cc(-c4ccccc4)nc(-c4ccccc4)n3)cc2-c2ccc3ccccc3c2Oc2ccccc2-c2ccccc2/1. The first-order valence-electron chi connectivity index (χ1n) is 16.5. The van der Waals surface area contributed by atoms with E-state index in [0.29, 0.717) is 5.82 Å². The molecule has 0 bridgehead atoms. The average molecular weight is 627 g/mol. The molecule has 0 saturated heterocycles. The molecule has 7 aromatic carbocycles. The number of nitrogens with zero attached hydrogens (tertiary/aromatic N) is 2. The largest absolute Gasteiger partial charge is 0.455 e. The Morgan fingerprint density at radius 3 is 1.84 bits per heavy atom. The highest BCUT2D eigenvalue weighted by Gasteiger charge is 2.20. The van der Waals surface area contributed by atoms with E-state index in [4.69, 9.17) is 14.7 Å². The molecule has 230 valence electrons. The van der Waals surface area contributed by atoms with Gasteiger partial charge in [0.2, 0.25) is 0 Å².